The summed E-state index contributed by atoms with van der Waals surface area (Å²) in [5.74, 6) is 1.67. The minimum absolute atomic E-state index is 0.476. The molecule has 0 saturated heterocycles. The van der Waals surface area contributed by atoms with Crippen LogP contribution in [-0.2, 0) is 0 Å². The van der Waals surface area contributed by atoms with Crippen LogP contribution in [0.2, 0.25) is 0 Å². The maximum atomic E-state index is 3.72. The van der Waals surface area contributed by atoms with Crippen molar-refractivity contribution >= 4 is 31.9 Å². The molecule has 1 aliphatic carbocycles. The van der Waals surface area contributed by atoms with Crippen LogP contribution < -0.4 is 5.32 Å². The highest BCUT2D eigenvalue weighted by atomic mass is 79.9. The van der Waals surface area contributed by atoms with Gasteiger partial charge in [0.1, 0.15) is 0 Å². The standard InChI is InChI=1S/C16H23Br2N/c1-3-19-16(12-6-4-11(2)5-7-12)14-10-13(17)8-9-15(14)18/h8-12,16,19H,3-7H2,1-2H3. The maximum Gasteiger partial charge on any atom is 0.0360 e. The summed E-state index contributed by atoms with van der Waals surface area (Å²) in [4.78, 5) is 0. The highest BCUT2D eigenvalue weighted by Crippen LogP contribution is 2.39. The van der Waals surface area contributed by atoms with Crippen molar-refractivity contribution in [3.63, 3.8) is 0 Å². The molecule has 1 unspecified atom stereocenters. The molecule has 0 aromatic heterocycles. The van der Waals surface area contributed by atoms with Crippen molar-refractivity contribution < 1.29 is 0 Å². The number of hydrogen-bond acceptors (Lipinski definition) is 1. The summed E-state index contributed by atoms with van der Waals surface area (Å²) in [6, 6.07) is 6.98. The highest BCUT2D eigenvalue weighted by Gasteiger charge is 2.27. The molecule has 0 bridgehead atoms. The van der Waals surface area contributed by atoms with E-state index in [2.05, 4.69) is 69.2 Å². The first-order chi connectivity index (χ1) is 9.11. The van der Waals surface area contributed by atoms with Crippen molar-refractivity contribution in [2.45, 2.75) is 45.6 Å². The predicted octanol–water partition coefficient (Wildman–Crippen LogP) is 5.69. The number of halogens is 2. The van der Waals surface area contributed by atoms with Crippen LogP contribution in [0.15, 0.2) is 27.1 Å². The second kappa shape index (κ2) is 7.24. The summed E-state index contributed by atoms with van der Waals surface area (Å²) in [6.45, 7) is 5.60. The van der Waals surface area contributed by atoms with Crippen LogP contribution in [0.5, 0.6) is 0 Å². The quantitative estimate of drug-likeness (QED) is 0.698. The molecule has 0 amide bonds. The number of rotatable bonds is 4. The SMILES string of the molecule is CCNC(c1cc(Br)ccc1Br)C1CCC(C)CC1. The van der Waals surface area contributed by atoms with Gasteiger partial charge in [0.15, 0.2) is 0 Å². The maximum absolute atomic E-state index is 3.72. The van der Waals surface area contributed by atoms with Crippen molar-refractivity contribution in [2.75, 3.05) is 6.54 Å². The molecule has 1 aromatic carbocycles. The summed E-state index contributed by atoms with van der Waals surface area (Å²) in [5, 5.41) is 3.70. The smallest absolute Gasteiger partial charge is 0.0360 e. The molecule has 1 saturated carbocycles. The van der Waals surface area contributed by atoms with Crippen molar-refractivity contribution in [1.82, 2.24) is 5.32 Å². The Morgan fingerprint density at radius 2 is 1.89 bits per heavy atom. The van der Waals surface area contributed by atoms with Gasteiger partial charge in [-0.2, -0.15) is 0 Å². The lowest BCUT2D eigenvalue weighted by molar-refractivity contribution is 0.232. The largest absolute Gasteiger partial charge is 0.310 e. The molecule has 1 aliphatic rings. The first-order valence-electron chi connectivity index (χ1n) is 7.30. The van der Waals surface area contributed by atoms with Crippen LogP contribution in [0, 0.1) is 11.8 Å². The lowest BCUT2D eigenvalue weighted by atomic mass is 9.77. The normalized spacial score (nSPS) is 25.3. The van der Waals surface area contributed by atoms with Crippen molar-refractivity contribution in [3.8, 4) is 0 Å². The molecule has 0 spiro atoms. The van der Waals surface area contributed by atoms with E-state index < -0.39 is 0 Å². The summed E-state index contributed by atoms with van der Waals surface area (Å²) in [5.41, 5.74) is 1.40. The minimum Gasteiger partial charge on any atom is -0.310 e. The Morgan fingerprint density at radius 1 is 1.21 bits per heavy atom. The van der Waals surface area contributed by atoms with E-state index in [1.807, 2.05) is 0 Å². The molecule has 0 heterocycles. The van der Waals surface area contributed by atoms with Gasteiger partial charge in [-0.1, -0.05) is 58.5 Å². The van der Waals surface area contributed by atoms with Gasteiger partial charge in [0.25, 0.3) is 0 Å². The van der Waals surface area contributed by atoms with Gasteiger partial charge >= 0.3 is 0 Å². The third-order valence-electron chi connectivity index (χ3n) is 4.25. The van der Waals surface area contributed by atoms with Gasteiger partial charge in [0.2, 0.25) is 0 Å². The molecule has 3 heteroatoms. The third-order valence-corrected chi connectivity index (χ3v) is 5.46. The molecule has 0 aliphatic heterocycles. The predicted molar refractivity (Wildman–Crippen MR) is 89.4 cm³/mol. The highest BCUT2D eigenvalue weighted by molar-refractivity contribution is 9.11. The fraction of sp³-hybridized carbons (Fsp3) is 0.625. The Labute approximate surface area is 133 Å². The van der Waals surface area contributed by atoms with Crippen LogP contribution in [0.3, 0.4) is 0 Å². The first-order valence-corrected chi connectivity index (χ1v) is 8.88. The molecule has 1 fully saturated rings. The van der Waals surface area contributed by atoms with E-state index in [-0.39, 0.29) is 0 Å². The molecule has 1 atom stereocenters. The Hall–Kier alpha value is 0.140. The molecule has 1 aromatic rings. The first kappa shape index (κ1) is 15.5. The van der Waals surface area contributed by atoms with E-state index in [9.17, 15) is 0 Å². The van der Waals surface area contributed by atoms with Crippen LogP contribution >= 0.6 is 31.9 Å². The number of benzene rings is 1. The Kier molecular flexibility index (Phi) is 5.91. The van der Waals surface area contributed by atoms with Crippen LogP contribution in [-0.4, -0.2) is 6.54 Å². The molecule has 1 N–H and O–H groups in total. The topological polar surface area (TPSA) is 12.0 Å². The summed E-state index contributed by atoms with van der Waals surface area (Å²) in [6.07, 6.45) is 5.44. The second-order valence-corrected chi connectivity index (χ2v) is 7.49. The fourth-order valence-electron chi connectivity index (χ4n) is 3.12. The van der Waals surface area contributed by atoms with Gasteiger partial charge in [0.05, 0.1) is 0 Å². The zero-order valence-corrected chi connectivity index (χ0v) is 14.9. The van der Waals surface area contributed by atoms with Crippen molar-refractivity contribution in [2.24, 2.45) is 11.8 Å². The Morgan fingerprint density at radius 3 is 2.53 bits per heavy atom. The molecule has 106 valence electrons. The van der Waals surface area contributed by atoms with Gasteiger partial charge in [-0.3, -0.25) is 0 Å². The average Bonchev–Trinajstić information content (AvgIpc) is 2.40. The van der Waals surface area contributed by atoms with Gasteiger partial charge in [-0.25, -0.2) is 0 Å². The summed E-state index contributed by atoms with van der Waals surface area (Å²) >= 11 is 7.32. The zero-order chi connectivity index (χ0) is 13.8. The molecule has 19 heavy (non-hydrogen) atoms. The van der Waals surface area contributed by atoms with Gasteiger partial charge in [0, 0.05) is 15.0 Å². The summed E-state index contributed by atoms with van der Waals surface area (Å²) in [7, 11) is 0. The van der Waals surface area contributed by atoms with E-state index in [4.69, 9.17) is 0 Å². The lowest BCUT2D eigenvalue weighted by Crippen LogP contribution is -2.31. The molecule has 0 radical (unpaired) electrons. The van der Waals surface area contributed by atoms with E-state index in [1.54, 1.807) is 0 Å². The van der Waals surface area contributed by atoms with Crippen LogP contribution in [0.4, 0.5) is 0 Å². The fourth-order valence-corrected chi connectivity index (χ4v) is 3.99. The van der Waals surface area contributed by atoms with Gasteiger partial charge < -0.3 is 5.32 Å². The zero-order valence-electron chi connectivity index (χ0n) is 11.8. The molecule has 2 rings (SSSR count). The Bertz CT molecular complexity index is 411. The summed E-state index contributed by atoms with van der Waals surface area (Å²) < 4.78 is 2.39. The van der Waals surface area contributed by atoms with Crippen LogP contribution in [0.1, 0.15) is 51.1 Å². The minimum atomic E-state index is 0.476. The average molecular weight is 389 g/mol. The van der Waals surface area contributed by atoms with E-state index in [0.29, 0.717) is 6.04 Å². The van der Waals surface area contributed by atoms with E-state index >= 15 is 0 Å². The lowest BCUT2D eigenvalue weighted by Gasteiger charge is -2.34. The Balaban J connectivity index is 2.21. The third kappa shape index (κ3) is 4.05. The molecule has 1 nitrogen and oxygen atoms in total. The monoisotopic (exact) mass is 387 g/mol. The van der Waals surface area contributed by atoms with Gasteiger partial charge in [-0.15, -0.1) is 0 Å². The number of hydrogen-bond donors (Lipinski definition) is 1. The van der Waals surface area contributed by atoms with Crippen molar-refractivity contribution in [3.05, 3.63) is 32.7 Å². The number of nitrogens with one attached hydrogen (secondary N) is 1. The van der Waals surface area contributed by atoms with Gasteiger partial charge in [-0.05, 0) is 55.0 Å². The van der Waals surface area contributed by atoms with Crippen LogP contribution in [0.25, 0.3) is 0 Å². The molecular weight excluding hydrogens is 366 g/mol. The molecular formula is C16H23Br2N. The second-order valence-electron chi connectivity index (χ2n) is 5.72. The van der Waals surface area contributed by atoms with Crippen molar-refractivity contribution in [1.29, 1.82) is 0 Å². The van der Waals surface area contributed by atoms with E-state index in [1.165, 1.54) is 35.7 Å². The van der Waals surface area contributed by atoms with E-state index in [0.717, 1.165) is 22.9 Å².